The van der Waals surface area contributed by atoms with Gasteiger partial charge in [-0.25, -0.2) is 0 Å². The molecule has 1 atom stereocenters. The quantitative estimate of drug-likeness (QED) is 0.616. The summed E-state index contributed by atoms with van der Waals surface area (Å²) in [6, 6.07) is 0. The Labute approximate surface area is 146 Å². The van der Waals surface area contributed by atoms with Crippen molar-refractivity contribution in [3.8, 4) is 0 Å². The first-order valence-electron chi connectivity index (χ1n) is 8.17. The number of nitrogens with zero attached hydrogens (tertiary/aromatic N) is 4. The van der Waals surface area contributed by atoms with Gasteiger partial charge in [-0.05, 0) is 34.6 Å². The van der Waals surface area contributed by atoms with E-state index in [1.807, 2.05) is 20.8 Å². The molecule has 1 aliphatic heterocycles. The van der Waals surface area contributed by atoms with E-state index in [-0.39, 0.29) is 17.8 Å². The van der Waals surface area contributed by atoms with Gasteiger partial charge in [0.2, 0.25) is 11.8 Å². The molecule has 1 heterocycles. The number of likely N-dealkylation sites (N-methyl/N-ethyl adjacent to an activating group) is 2. The molecule has 0 aromatic rings. The van der Waals surface area contributed by atoms with Crippen LogP contribution in [0.15, 0.2) is 0 Å². The van der Waals surface area contributed by atoms with Crippen LogP contribution in [0.5, 0.6) is 0 Å². The minimum Gasteiger partial charge on any atom is -0.349 e. The molecule has 7 heteroatoms. The molecule has 0 spiro atoms. The van der Waals surface area contributed by atoms with Crippen LogP contribution in [0.4, 0.5) is 0 Å². The fourth-order valence-corrected chi connectivity index (χ4v) is 3.96. The number of guanidine groups is 1. The molecule has 1 N–H and O–H groups in total. The van der Waals surface area contributed by atoms with E-state index >= 15 is 0 Å². The average molecular weight is 339 g/mol. The van der Waals surface area contributed by atoms with Crippen molar-refractivity contribution < 1.29 is 9.59 Å². The maximum atomic E-state index is 13.4. The molecule has 1 aliphatic rings. The molecule has 1 rings (SSSR count). The molecule has 0 aliphatic carbocycles. The van der Waals surface area contributed by atoms with Gasteiger partial charge in [-0.3, -0.25) is 15.0 Å². The lowest BCUT2D eigenvalue weighted by Gasteiger charge is -2.44. The molecular weight excluding hydrogens is 306 g/mol. The number of hydrogen-bond donors (Lipinski definition) is 1. The number of carbonyl (C=O) groups is 2. The summed E-state index contributed by atoms with van der Waals surface area (Å²) in [6.45, 7) is 9.39. The molecule has 0 bridgehead atoms. The van der Waals surface area contributed by atoms with Gasteiger partial charge in [-0.15, -0.1) is 0 Å². The number of likely N-dealkylation sites (tertiary alicyclic amines) is 1. The maximum absolute atomic E-state index is 13.4. The highest BCUT2D eigenvalue weighted by atomic mass is 16.2. The van der Waals surface area contributed by atoms with Gasteiger partial charge in [0.1, 0.15) is 11.1 Å². The normalized spacial score (nSPS) is 23.2. The third-order valence-electron chi connectivity index (χ3n) is 5.02. The first-order valence-corrected chi connectivity index (χ1v) is 8.17. The first-order chi connectivity index (χ1) is 10.6. The molecule has 0 aromatic heterocycles. The average Bonchev–Trinajstić information content (AvgIpc) is 2.62. The molecule has 0 aromatic carbocycles. The minimum absolute atomic E-state index is 0.112. The summed E-state index contributed by atoms with van der Waals surface area (Å²) in [7, 11) is 8.73. The van der Waals surface area contributed by atoms with E-state index in [9.17, 15) is 9.59 Å². The van der Waals surface area contributed by atoms with E-state index in [0.717, 1.165) is 0 Å². The van der Waals surface area contributed by atoms with Crippen molar-refractivity contribution >= 4 is 17.8 Å². The van der Waals surface area contributed by atoms with E-state index < -0.39 is 16.6 Å². The Bertz CT molecular complexity index is 553. The lowest BCUT2D eigenvalue weighted by atomic mass is 9.89. The van der Waals surface area contributed by atoms with Crippen molar-refractivity contribution in [2.45, 2.75) is 57.7 Å². The fraction of sp³-hybridized carbons (Fsp3) is 0.824. The Morgan fingerprint density at radius 1 is 1.08 bits per heavy atom. The molecule has 7 nitrogen and oxygen atoms in total. The van der Waals surface area contributed by atoms with Gasteiger partial charge < -0.3 is 19.6 Å². The predicted octanol–water partition coefficient (Wildman–Crippen LogP) is 1.05. The van der Waals surface area contributed by atoms with Gasteiger partial charge >= 0.3 is 0 Å². The van der Waals surface area contributed by atoms with Gasteiger partial charge in [0, 0.05) is 47.2 Å². The van der Waals surface area contributed by atoms with Crippen molar-refractivity contribution in [1.82, 2.24) is 19.6 Å². The first kappa shape index (κ1) is 20.3. The summed E-state index contributed by atoms with van der Waals surface area (Å²) in [5.74, 6) is 0.0283. The van der Waals surface area contributed by atoms with E-state index in [4.69, 9.17) is 5.41 Å². The number of hydrogen-bond acceptors (Lipinski definition) is 3. The van der Waals surface area contributed by atoms with Gasteiger partial charge in [-0.1, -0.05) is 0 Å². The van der Waals surface area contributed by atoms with Crippen LogP contribution in [-0.4, -0.2) is 89.2 Å². The zero-order valence-corrected chi connectivity index (χ0v) is 16.8. The summed E-state index contributed by atoms with van der Waals surface area (Å²) >= 11 is 0. The lowest BCUT2D eigenvalue weighted by Crippen LogP contribution is -2.63. The molecule has 1 saturated heterocycles. The fourth-order valence-electron chi connectivity index (χ4n) is 3.96. The Hall–Kier alpha value is -1.79. The van der Waals surface area contributed by atoms with Crippen LogP contribution < -0.4 is 0 Å². The molecule has 0 saturated carbocycles. The van der Waals surface area contributed by atoms with Gasteiger partial charge in [-0.2, -0.15) is 0 Å². The third kappa shape index (κ3) is 2.96. The van der Waals surface area contributed by atoms with E-state index in [0.29, 0.717) is 6.42 Å². The van der Waals surface area contributed by atoms with Crippen LogP contribution in [0.3, 0.4) is 0 Å². The predicted molar refractivity (Wildman–Crippen MR) is 95.9 cm³/mol. The molecule has 0 radical (unpaired) electrons. The molecule has 2 amide bonds. The SMILES string of the molecule is CN(C)C(=N)N(C)C1(C)CC(C)(C)N(C(C)(C)C(=O)N(C)C)C1=O. The second kappa shape index (κ2) is 5.93. The van der Waals surface area contributed by atoms with E-state index in [1.165, 1.54) is 4.90 Å². The molecule has 1 unspecified atom stereocenters. The van der Waals surface area contributed by atoms with Crippen LogP contribution in [0.25, 0.3) is 0 Å². The number of amides is 2. The Morgan fingerprint density at radius 2 is 1.54 bits per heavy atom. The summed E-state index contributed by atoms with van der Waals surface area (Å²) < 4.78 is 0. The van der Waals surface area contributed by atoms with Crippen LogP contribution in [0, 0.1) is 5.41 Å². The zero-order chi connectivity index (χ0) is 19.2. The van der Waals surface area contributed by atoms with E-state index in [2.05, 4.69) is 0 Å². The Balaban J connectivity index is 3.36. The highest BCUT2D eigenvalue weighted by molar-refractivity contribution is 5.98. The van der Waals surface area contributed by atoms with Crippen LogP contribution >= 0.6 is 0 Å². The molecular formula is C17H33N5O2. The topological polar surface area (TPSA) is 71.0 Å². The zero-order valence-electron chi connectivity index (χ0n) is 16.8. The maximum Gasteiger partial charge on any atom is 0.249 e. The summed E-state index contributed by atoms with van der Waals surface area (Å²) in [5, 5.41) is 8.24. The summed E-state index contributed by atoms with van der Waals surface area (Å²) in [6.07, 6.45) is 0.537. The second-order valence-electron chi connectivity index (χ2n) is 8.44. The summed E-state index contributed by atoms with van der Waals surface area (Å²) in [5.41, 5.74) is -2.32. The van der Waals surface area contributed by atoms with Gasteiger partial charge in [0.15, 0.2) is 5.96 Å². The van der Waals surface area contributed by atoms with Gasteiger partial charge in [0.05, 0.1) is 0 Å². The number of carbonyl (C=O) groups excluding carboxylic acids is 2. The van der Waals surface area contributed by atoms with Crippen LogP contribution in [0.1, 0.15) is 41.0 Å². The summed E-state index contributed by atoms with van der Waals surface area (Å²) in [4.78, 5) is 32.6. The van der Waals surface area contributed by atoms with Crippen LogP contribution in [-0.2, 0) is 9.59 Å². The highest BCUT2D eigenvalue weighted by Crippen LogP contribution is 2.44. The van der Waals surface area contributed by atoms with E-state index in [1.54, 1.807) is 63.8 Å². The molecule has 24 heavy (non-hydrogen) atoms. The number of rotatable bonds is 3. The third-order valence-corrected chi connectivity index (χ3v) is 5.02. The smallest absolute Gasteiger partial charge is 0.249 e. The van der Waals surface area contributed by atoms with Crippen molar-refractivity contribution in [3.63, 3.8) is 0 Å². The van der Waals surface area contributed by atoms with Gasteiger partial charge in [0.25, 0.3) is 0 Å². The Morgan fingerprint density at radius 3 is 1.92 bits per heavy atom. The Kier molecular flexibility index (Phi) is 5.01. The highest BCUT2D eigenvalue weighted by Gasteiger charge is 2.60. The van der Waals surface area contributed by atoms with Crippen molar-refractivity contribution in [2.75, 3.05) is 35.2 Å². The van der Waals surface area contributed by atoms with Crippen LogP contribution in [0.2, 0.25) is 0 Å². The second-order valence-corrected chi connectivity index (χ2v) is 8.44. The standard InChI is InChI=1S/C17H33N5O2/c1-15(2)11-17(5,21(10)14(18)20(8)9)13(24)22(15)16(3,4)12(23)19(6)7/h18H,11H2,1-10H3. The largest absolute Gasteiger partial charge is 0.349 e. The molecule has 138 valence electrons. The lowest BCUT2D eigenvalue weighted by molar-refractivity contribution is -0.155. The monoisotopic (exact) mass is 339 g/mol. The van der Waals surface area contributed by atoms with Crippen molar-refractivity contribution in [2.24, 2.45) is 0 Å². The molecule has 1 fully saturated rings. The minimum atomic E-state index is -0.955. The van der Waals surface area contributed by atoms with Crippen molar-refractivity contribution in [3.05, 3.63) is 0 Å². The number of nitrogens with one attached hydrogen (secondary N) is 1. The van der Waals surface area contributed by atoms with Crippen molar-refractivity contribution in [1.29, 1.82) is 5.41 Å².